The van der Waals surface area contributed by atoms with E-state index in [1.54, 1.807) is 12.1 Å². The van der Waals surface area contributed by atoms with Crippen molar-refractivity contribution in [2.75, 3.05) is 6.54 Å². The minimum atomic E-state index is -1.04. The molecule has 1 amide bonds. The molecule has 1 unspecified atom stereocenters. The number of hydrogen-bond donors (Lipinski definition) is 2. The largest absolute Gasteiger partial charge is 0.386 e. The highest BCUT2D eigenvalue weighted by atomic mass is 19.1. The molecule has 0 aromatic heterocycles. The Morgan fingerprint density at radius 2 is 1.79 bits per heavy atom. The van der Waals surface area contributed by atoms with Crippen LogP contribution in [-0.4, -0.2) is 17.6 Å². The average Bonchev–Trinajstić information content (AvgIpc) is 2.57. The van der Waals surface area contributed by atoms with Crippen LogP contribution in [-0.2, 0) is 11.2 Å². The summed E-state index contributed by atoms with van der Waals surface area (Å²) in [6.45, 7) is 0.0241. The van der Waals surface area contributed by atoms with E-state index in [0.717, 1.165) is 24.8 Å². The van der Waals surface area contributed by atoms with Crippen LogP contribution >= 0.6 is 0 Å². The number of aliphatic hydroxyl groups is 1. The van der Waals surface area contributed by atoms with Gasteiger partial charge in [-0.05, 0) is 30.9 Å². The van der Waals surface area contributed by atoms with E-state index in [4.69, 9.17) is 0 Å². The van der Waals surface area contributed by atoms with E-state index in [1.807, 2.05) is 30.3 Å². The summed E-state index contributed by atoms with van der Waals surface area (Å²) in [5.74, 6) is -0.505. The maximum atomic E-state index is 13.7. The molecule has 0 aliphatic heterocycles. The first-order chi connectivity index (χ1) is 11.6. The lowest BCUT2D eigenvalue weighted by atomic mass is 9.64. The van der Waals surface area contributed by atoms with Crippen LogP contribution in [0.15, 0.2) is 54.6 Å². The predicted molar refractivity (Wildman–Crippen MR) is 90.8 cm³/mol. The van der Waals surface area contributed by atoms with Crippen molar-refractivity contribution in [2.24, 2.45) is 5.41 Å². The summed E-state index contributed by atoms with van der Waals surface area (Å²) in [5.41, 5.74) is 0.960. The van der Waals surface area contributed by atoms with Gasteiger partial charge in [-0.1, -0.05) is 55.0 Å². The lowest BCUT2D eigenvalue weighted by Gasteiger charge is -2.40. The molecule has 0 heterocycles. The minimum Gasteiger partial charge on any atom is -0.386 e. The Bertz CT molecular complexity index is 698. The number of benzene rings is 2. The Kier molecular flexibility index (Phi) is 4.95. The van der Waals surface area contributed by atoms with Gasteiger partial charge in [0.05, 0.1) is 11.5 Å². The molecule has 126 valence electrons. The van der Waals surface area contributed by atoms with E-state index in [-0.39, 0.29) is 18.0 Å². The molecule has 1 saturated carbocycles. The summed E-state index contributed by atoms with van der Waals surface area (Å²) in [6.07, 6.45) is 2.41. The normalized spacial score (nSPS) is 16.9. The third kappa shape index (κ3) is 3.49. The van der Waals surface area contributed by atoms with Gasteiger partial charge in [0.15, 0.2) is 0 Å². The topological polar surface area (TPSA) is 49.3 Å². The Labute approximate surface area is 141 Å². The minimum absolute atomic E-state index is 0.0241. The van der Waals surface area contributed by atoms with Gasteiger partial charge in [0.25, 0.3) is 0 Å². The Morgan fingerprint density at radius 1 is 1.12 bits per heavy atom. The molecule has 3 rings (SSSR count). The van der Waals surface area contributed by atoms with E-state index >= 15 is 0 Å². The van der Waals surface area contributed by atoms with Crippen molar-refractivity contribution in [1.82, 2.24) is 5.32 Å². The molecule has 0 spiro atoms. The molecule has 0 radical (unpaired) electrons. The number of aliphatic hydroxyl groups excluding tert-OH is 1. The number of carbonyl (C=O) groups excluding carboxylic acids is 1. The van der Waals surface area contributed by atoms with Crippen LogP contribution in [0.5, 0.6) is 0 Å². The summed E-state index contributed by atoms with van der Waals surface area (Å²) in [4.78, 5) is 12.7. The Morgan fingerprint density at radius 3 is 2.42 bits per heavy atom. The van der Waals surface area contributed by atoms with Crippen LogP contribution in [0.2, 0.25) is 0 Å². The van der Waals surface area contributed by atoms with E-state index in [0.29, 0.717) is 6.42 Å². The molecule has 2 aromatic carbocycles. The maximum Gasteiger partial charge on any atom is 0.226 e. The van der Waals surface area contributed by atoms with Crippen LogP contribution in [0.25, 0.3) is 0 Å². The predicted octanol–water partition coefficient (Wildman–Crippen LogP) is 3.39. The molecule has 2 N–H and O–H groups in total. The molecule has 24 heavy (non-hydrogen) atoms. The fourth-order valence-electron chi connectivity index (χ4n) is 3.31. The van der Waals surface area contributed by atoms with E-state index in [1.165, 1.54) is 12.1 Å². The van der Waals surface area contributed by atoms with Crippen molar-refractivity contribution in [2.45, 2.75) is 31.8 Å². The van der Waals surface area contributed by atoms with Gasteiger partial charge < -0.3 is 10.4 Å². The van der Waals surface area contributed by atoms with Gasteiger partial charge in [-0.25, -0.2) is 4.39 Å². The molecular weight excluding hydrogens is 305 g/mol. The van der Waals surface area contributed by atoms with Gasteiger partial charge in [0, 0.05) is 12.1 Å². The van der Waals surface area contributed by atoms with Crippen LogP contribution < -0.4 is 5.32 Å². The molecule has 1 fully saturated rings. The molecule has 1 aliphatic carbocycles. The fraction of sp³-hybridized carbons (Fsp3) is 0.350. The fourth-order valence-corrected chi connectivity index (χ4v) is 3.31. The van der Waals surface area contributed by atoms with E-state index in [2.05, 4.69) is 5.32 Å². The standard InChI is InChI=1S/C20H22FNO2/c21-17-10-5-4-9-16(17)18(23)14-22-19(24)20(11-6-12-20)13-15-7-2-1-3-8-15/h1-5,7-10,18,23H,6,11-14H2,(H,22,24). The van der Waals surface area contributed by atoms with Gasteiger partial charge in [0.1, 0.15) is 5.82 Å². The summed E-state index contributed by atoms with van der Waals surface area (Å²) < 4.78 is 13.7. The zero-order valence-corrected chi connectivity index (χ0v) is 13.5. The first kappa shape index (κ1) is 16.7. The first-order valence-electron chi connectivity index (χ1n) is 8.35. The number of carbonyl (C=O) groups is 1. The summed E-state index contributed by atoms with van der Waals surface area (Å²) in [5, 5.41) is 13.0. The summed E-state index contributed by atoms with van der Waals surface area (Å²) in [6, 6.07) is 16.1. The zero-order chi connectivity index (χ0) is 17.0. The average molecular weight is 327 g/mol. The number of hydrogen-bond acceptors (Lipinski definition) is 2. The van der Waals surface area contributed by atoms with E-state index < -0.39 is 17.3 Å². The second-order valence-electron chi connectivity index (χ2n) is 6.54. The summed E-state index contributed by atoms with van der Waals surface area (Å²) >= 11 is 0. The number of nitrogens with one attached hydrogen (secondary N) is 1. The van der Waals surface area contributed by atoms with Crippen molar-refractivity contribution >= 4 is 5.91 Å². The molecule has 3 nitrogen and oxygen atoms in total. The van der Waals surface area contributed by atoms with Gasteiger partial charge >= 0.3 is 0 Å². The molecule has 0 saturated heterocycles. The molecule has 1 atom stereocenters. The van der Waals surface area contributed by atoms with Crippen LogP contribution in [0.1, 0.15) is 36.5 Å². The van der Waals surface area contributed by atoms with Gasteiger partial charge in [-0.2, -0.15) is 0 Å². The van der Waals surface area contributed by atoms with Gasteiger partial charge in [0.2, 0.25) is 5.91 Å². The zero-order valence-electron chi connectivity index (χ0n) is 13.5. The van der Waals surface area contributed by atoms with Crippen molar-refractivity contribution in [3.05, 3.63) is 71.5 Å². The SMILES string of the molecule is O=C(NCC(O)c1ccccc1F)C1(Cc2ccccc2)CCC1. The van der Waals surface area contributed by atoms with Crippen LogP contribution in [0.3, 0.4) is 0 Å². The van der Waals surface area contributed by atoms with Crippen molar-refractivity contribution in [1.29, 1.82) is 0 Å². The van der Waals surface area contributed by atoms with Crippen LogP contribution in [0.4, 0.5) is 4.39 Å². The van der Waals surface area contributed by atoms with Gasteiger partial charge in [-0.3, -0.25) is 4.79 Å². The quantitative estimate of drug-likeness (QED) is 0.854. The number of amides is 1. The van der Waals surface area contributed by atoms with Gasteiger partial charge in [-0.15, -0.1) is 0 Å². The molecule has 0 bridgehead atoms. The first-order valence-corrected chi connectivity index (χ1v) is 8.35. The summed E-state index contributed by atoms with van der Waals surface area (Å²) in [7, 11) is 0. The maximum absolute atomic E-state index is 13.7. The highest BCUT2D eigenvalue weighted by Crippen LogP contribution is 2.44. The molecular formula is C20H22FNO2. The second-order valence-corrected chi connectivity index (χ2v) is 6.54. The Hall–Kier alpha value is -2.20. The highest BCUT2D eigenvalue weighted by Gasteiger charge is 2.43. The number of rotatable bonds is 6. The third-order valence-electron chi connectivity index (χ3n) is 4.90. The second kappa shape index (κ2) is 7.14. The smallest absolute Gasteiger partial charge is 0.226 e. The van der Waals surface area contributed by atoms with Crippen molar-refractivity contribution < 1.29 is 14.3 Å². The monoisotopic (exact) mass is 327 g/mol. The van der Waals surface area contributed by atoms with Crippen molar-refractivity contribution in [3.8, 4) is 0 Å². The number of halogens is 1. The third-order valence-corrected chi connectivity index (χ3v) is 4.90. The van der Waals surface area contributed by atoms with Crippen LogP contribution in [0, 0.1) is 11.2 Å². The van der Waals surface area contributed by atoms with E-state index in [9.17, 15) is 14.3 Å². The molecule has 2 aromatic rings. The molecule has 4 heteroatoms. The van der Waals surface area contributed by atoms with Crippen molar-refractivity contribution in [3.63, 3.8) is 0 Å². The highest BCUT2D eigenvalue weighted by molar-refractivity contribution is 5.83. The molecule has 1 aliphatic rings. The lowest BCUT2D eigenvalue weighted by Crippen LogP contribution is -2.48. The Balaban J connectivity index is 1.62. The lowest BCUT2D eigenvalue weighted by molar-refractivity contribution is -0.136.